The van der Waals surface area contributed by atoms with E-state index in [0.29, 0.717) is 18.2 Å². The number of nitrogens with one attached hydrogen (secondary N) is 2. The molecule has 3 heterocycles. The van der Waals surface area contributed by atoms with Gasteiger partial charge in [-0.05, 0) is 24.7 Å². The maximum atomic E-state index is 5.41. The van der Waals surface area contributed by atoms with Crippen LogP contribution in [0.3, 0.4) is 0 Å². The molecule has 0 fully saturated rings. The highest BCUT2D eigenvalue weighted by Gasteiger charge is 2.06. The van der Waals surface area contributed by atoms with Crippen LogP contribution in [0.4, 0.5) is 11.4 Å². The fraction of sp³-hybridized carbons (Fsp3) is 0.200. The third kappa shape index (κ3) is 5.08. The van der Waals surface area contributed by atoms with Crippen LogP contribution in [0.2, 0.25) is 0 Å². The van der Waals surface area contributed by atoms with Crippen LogP contribution in [-0.4, -0.2) is 34.5 Å². The van der Waals surface area contributed by atoms with E-state index in [4.69, 9.17) is 12.2 Å². The van der Waals surface area contributed by atoms with Crippen LogP contribution in [0.15, 0.2) is 67.5 Å². The molecule has 29 heavy (non-hydrogen) atoms. The number of nitrogens with zero attached hydrogens (tertiary/aromatic N) is 6. The molecule has 0 spiro atoms. The molecule has 0 saturated heterocycles. The first-order chi connectivity index (χ1) is 14.2. The van der Waals surface area contributed by atoms with Crippen molar-refractivity contribution >= 4 is 28.7 Å². The van der Waals surface area contributed by atoms with Gasteiger partial charge in [-0.15, -0.1) is 0 Å². The summed E-state index contributed by atoms with van der Waals surface area (Å²) in [5.41, 5.74) is 3.95. The second-order valence-corrected chi connectivity index (χ2v) is 7.03. The van der Waals surface area contributed by atoms with Crippen molar-refractivity contribution in [1.82, 2.24) is 29.3 Å². The number of hydrogen-bond donors (Lipinski definition) is 2. The number of anilines is 2. The maximum absolute atomic E-state index is 5.41. The van der Waals surface area contributed by atoms with E-state index >= 15 is 0 Å². The standard InChI is InChI=1S/C20H22N8S/c1-2-26-12-17(8-21-26)13-28-15-19(10-23-28)25-20(29)24-18-9-22-27(14-18)11-16-6-4-3-5-7-16/h3-10,12,14-15H,2,11,13H2,1H3,(H2,24,25,29). The summed E-state index contributed by atoms with van der Waals surface area (Å²) in [6.45, 7) is 4.29. The number of hydrogen-bond acceptors (Lipinski definition) is 4. The van der Waals surface area contributed by atoms with E-state index in [1.165, 1.54) is 5.56 Å². The lowest BCUT2D eigenvalue weighted by Gasteiger charge is -2.06. The van der Waals surface area contributed by atoms with Crippen LogP contribution >= 0.6 is 12.2 Å². The molecule has 0 aliphatic rings. The van der Waals surface area contributed by atoms with Crippen molar-refractivity contribution in [3.05, 3.63) is 78.6 Å². The molecule has 0 aliphatic heterocycles. The summed E-state index contributed by atoms with van der Waals surface area (Å²) >= 11 is 5.41. The van der Waals surface area contributed by atoms with Gasteiger partial charge in [0.05, 0.1) is 43.1 Å². The van der Waals surface area contributed by atoms with Gasteiger partial charge in [0, 0.05) is 30.7 Å². The second kappa shape index (κ2) is 8.70. The zero-order valence-electron chi connectivity index (χ0n) is 16.1. The van der Waals surface area contributed by atoms with Gasteiger partial charge in [-0.1, -0.05) is 30.3 Å². The summed E-state index contributed by atoms with van der Waals surface area (Å²) in [5.74, 6) is 0. The normalized spacial score (nSPS) is 10.8. The van der Waals surface area contributed by atoms with Crippen LogP contribution in [0.1, 0.15) is 18.1 Å². The maximum Gasteiger partial charge on any atom is 0.175 e. The molecule has 0 unspecified atom stereocenters. The van der Waals surface area contributed by atoms with Crippen molar-refractivity contribution in [3.8, 4) is 0 Å². The topological polar surface area (TPSA) is 77.5 Å². The van der Waals surface area contributed by atoms with Crippen molar-refractivity contribution < 1.29 is 0 Å². The first-order valence-corrected chi connectivity index (χ1v) is 9.77. The number of rotatable bonds is 7. The summed E-state index contributed by atoms with van der Waals surface area (Å²) in [6, 6.07) is 10.2. The molecule has 1 aromatic carbocycles. The lowest BCUT2D eigenvalue weighted by atomic mass is 10.2. The molecule has 0 amide bonds. The molecule has 3 aromatic heterocycles. The minimum Gasteiger partial charge on any atom is -0.330 e. The van der Waals surface area contributed by atoms with Crippen molar-refractivity contribution in [2.75, 3.05) is 10.6 Å². The molecule has 4 aromatic rings. The molecular weight excluding hydrogens is 384 g/mol. The molecule has 9 heteroatoms. The van der Waals surface area contributed by atoms with Crippen LogP contribution in [0, 0.1) is 0 Å². The van der Waals surface area contributed by atoms with Gasteiger partial charge in [-0.2, -0.15) is 15.3 Å². The summed E-state index contributed by atoms with van der Waals surface area (Å²) < 4.78 is 5.61. The van der Waals surface area contributed by atoms with Crippen molar-refractivity contribution in [3.63, 3.8) is 0 Å². The highest BCUT2D eigenvalue weighted by Crippen LogP contribution is 2.11. The largest absolute Gasteiger partial charge is 0.330 e. The average molecular weight is 407 g/mol. The molecule has 0 saturated carbocycles. The fourth-order valence-electron chi connectivity index (χ4n) is 2.94. The summed E-state index contributed by atoms with van der Waals surface area (Å²) in [7, 11) is 0. The lowest BCUT2D eigenvalue weighted by molar-refractivity contribution is 0.654. The van der Waals surface area contributed by atoms with Crippen LogP contribution < -0.4 is 10.6 Å². The predicted octanol–water partition coefficient (Wildman–Crippen LogP) is 3.20. The Bertz CT molecular complexity index is 1080. The molecule has 148 valence electrons. The molecule has 8 nitrogen and oxygen atoms in total. The Balaban J connectivity index is 1.30. The number of aromatic nitrogens is 6. The fourth-order valence-corrected chi connectivity index (χ4v) is 3.18. The Hall–Kier alpha value is -3.46. The number of benzene rings is 1. The van der Waals surface area contributed by atoms with Gasteiger partial charge in [0.2, 0.25) is 0 Å². The lowest BCUT2D eigenvalue weighted by Crippen LogP contribution is -2.18. The van der Waals surface area contributed by atoms with Gasteiger partial charge < -0.3 is 10.6 Å². The van der Waals surface area contributed by atoms with Gasteiger partial charge >= 0.3 is 0 Å². The van der Waals surface area contributed by atoms with E-state index in [0.717, 1.165) is 23.5 Å². The van der Waals surface area contributed by atoms with E-state index in [2.05, 4.69) is 45.0 Å². The van der Waals surface area contributed by atoms with E-state index in [1.807, 2.05) is 57.0 Å². The van der Waals surface area contributed by atoms with Crippen LogP contribution in [-0.2, 0) is 19.6 Å². The molecule has 0 atom stereocenters. The van der Waals surface area contributed by atoms with Gasteiger partial charge in [0.1, 0.15) is 0 Å². The SMILES string of the molecule is CCn1cc(Cn2cc(NC(=S)Nc3cnn(Cc4ccccc4)c3)cn2)cn1. The molecule has 2 N–H and O–H groups in total. The molecule has 0 bridgehead atoms. The van der Waals surface area contributed by atoms with Crippen LogP contribution in [0.5, 0.6) is 0 Å². The Morgan fingerprint density at radius 2 is 1.38 bits per heavy atom. The van der Waals surface area contributed by atoms with Gasteiger partial charge in [-0.3, -0.25) is 14.0 Å². The third-order valence-corrected chi connectivity index (χ3v) is 4.53. The molecule has 0 radical (unpaired) electrons. The van der Waals surface area contributed by atoms with E-state index in [9.17, 15) is 0 Å². The smallest absolute Gasteiger partial charge is 0.175 e. The Morgan fingerprint density at radius 3 is 1.97 bits per heavy atom. The Morgan fingerprint density at radius 1 is 0.793 bits per heavy atom. The zero-order valence-corrected chi connectivity index (χ0v) is 16.9. The number of aryl methyl sites for hydroxylation is 1. The first-order valence-electron chi connectivity index (χ1n) is 9.36. The van der Waals surface area contributed by atoms with E-state index in [1.54, 1.807) is 12.4 Å². The van der Waals surface area contributed by atoms with Crippen molar-refractivity contribution in [2.45, 2.75) is 26.6 Å². The minimum absolute atomic E-state index is 0.489. The number of thiocarbonyl (C=S) groups is 1. The van der Waals surface area contributed by atoms with Crippen LogP contribution in [0.25, 0.3) is 0 Å². The summed E-state index contributed by atoms with van der Waals surface area (Å²) in [5, 5.41) is 19.8. The third-order valence-electron chi connectivity index (χ3n) is 4.32. The first kappa shape index (κ1) is 18.9. The minimum atomic E-state index is 0.489. The van der Waals surface area contributed by atoms with Gasteiger partial charge in [0.15, 0.2) is 5.11 Å². The van der Waals surface area contributed by atoms with Gasteiger partial charge in [0.25, 0.3) is 0 Å². The Labute approximate surface area is 174 Å². The van der Waals surface area contributed by atoms with Crippen molar-refractivity contribution in [1.29, 1.82) is 0 Å². The highest BCUT2D eigenvalue weighted by molar-refractivity contribution is 7.80. The second-order valence-electron chi connectivity index (χ2n) is 6.62. The van der Waals surface area contributed by atoms with Crippen molar-refractivity contribution in [2.24, 2.45) is 0 Å². The Kier molecular flexibility index (Phi) is 5.66. The van der Waals surface area contributed by atoms with E-state index < -0.39 is 0 Å². The highest BCUT2D eigenvalue weighted by atomic mass is 32.1. The van der Waals surface area contributed by atoms with Gasteiger partial charge in [-0.25, -0.2) is 0 Å². The molecule has 4 rings (SSSR count). The summed E-state index contributed by atoms with van der Waals surface area (Å²) in [6.07, 6.45) is 11.2. The molecule has 0 aliphatic carbocycles. The quantitative estimate of drug-likeness (QED) is 0.459. The average Bonchev–Trinajstić information content (AvgIpc) is 3.45. The zero-order chi connectivity index (χ0) is 20.1. The summed E-state index contributed by atoms with van der Waals surface area (Å²) in [4.78, 5) is 0. The predicted molar refractivity (Wildman–Crippen MR) is 117 cm³/mol. The monoisotopic (exact) mass is 406 g/mol. The molecular formula is C20H22N8S. The van der Waals surface area contributed by atoms with E-state index in [-0.39, 0.29) is 0 Å².